The van der Waals surface area contributed by atoms with Crippen molar-refractivity contribution in [2.45, 2.75) is 44.8 Å². The van der Waals surface area contributed by atoms with E-state index in [2.05, 4.69) is 31.2 Å². The highest BCUT2D eigenvalue weighted by atomic mass is 16.5. The van der Waals surface area contributed by atoms with Gasteiger partial charge in [0.05, 0.1) is 18.8 Å². The van der Waals surface area contributed by atoms with Crippen LogP contribution in [0.5, 0.6) is 0 Å². The highest BCUT2D eigenvalue weighted by Gasteiger charge is 2.29. The number of allylic oxidation sites excluding steroid dienone is 4. The minimum Gasteiger partial charge on any atom is -0.376 e. The normalized spacial score (nSPS) is 30.3. The van der Waals surface area contributed by atoms with Crippen molar-refractivity contribution in [3.8, 4) is 0 Å². The molecule has 0 saturated heterocycles. The summed E-state index contributed by atoms with van der Waals surface area (Å²) in [6.45, 7) is 3.24. The van der Waals surface area contributed by atoms with E-state index in [0.29, 0.717) is 31.1 Å². The van der Waals surface area contributed by atoms with E-state index in [0.717, 1.165) is 18.8 Å². The van der Waals surface area contributed by atoms with Crippen LogP contribution in [-0.4, -0.2) is 23.8 Å². The van der Waals surface area contributed by atoms with Crippen LogP contribution in [0.1, 0.15) is 38.6 Å². The van der Waals surface area contributed by atoms with Gasteiger partial charge < -0.3 is 15.0 Å². The maximum Gasteiger partial charge on any atom is 0.250 e. The number of hydrogen-bond donors (Lipinski definition) is 1. The molecule has 4 heteroatoms. The van der Waals surface area contributed by atoms with E-state index < -0.39 is 0 Å². The highest BCUT2D eigenvalue weighted by Crippen LogP contribution is 2.37. The average molecular weight is 342 g/mol. The van der Waals surface area contributed by atoms with Crippen LogP contribution < -0.4 is 11.3 Å². The van der Waals surface area contributed by atoms with Crippen LogP contribution >= 0.6 is 0 Å². The summed E-state index contributed by atoms with van der Waals surface area (Å²) >= 11 is 0. The van der Waals surface area contributed by atoms with Gasteiger partial charge in [-0.05, 0) is 49.5 Å². The van der Waals surface area contributed by atoms with Crippen LogP contribution in [-0.2, 0) is 4.74 Å². The fraction of sp³-hybridized carbons (Fsp3) is 0.571. The molecule has 0 bridgehead atoms. The van der Waals surface area contributed by atoms with Crippen molar-refractivity contribution >= 4 is 0 Å². The summed E-state index contributed by atoms with van der Waals surface area (Å²) in [6.07, 6.45) is 15.8. The first-order valence-corrected chi connectivity index (χ1v) is 9.53. The largest absolute Gasteiger partial charge is 0.376 e. The van der Waals surface area contributed by atoms with E-state index in [1.54, 1.807) is 22.9 Å². The Morgan fingerprint density at radius 2 is 1.96 bits per heavy atom. The molecule has 1 aromatic rings. The third-order valence-corrected chi connectivity index (χ3v) is 5.77. The molecule has 4 nitrogen and oxygen atoms in total. The number of aromatic nitrogens is 1. The van der Waals surface area contributed by atoms with Crippen molar-refractivity contribution in [3.05, 3.63) is 59.1 Å². The van der Waals surface area contributed by atoms with Crippen LogP contribution in [0.2, 0.25) is 0 Å². The Labute approximate surface area is 150 Å². The van der Waals surface area contributed by atoms with Gasteiger partial charge in [0.2, 0.25) is 0 Å². The minimum atomic E-state index is -0.0853. The van der Waals surface area contributed by atoms with E-state index in [4.69, 9.17) is 10.5 Å². The monoisotopic (exact) mass is 342 g/mol. The molecule has 3 atom stereocenters. The number of hydrogen-bond acceptors (Lipinski definition) is 3. The molecule has 1 saturated carbocycles. The minimum absolute atomic E-state index is 0.0172. The molecule has 0 spiro atoms. The Bertz CT molecular complexity index is 656. The predicted molar refractivity (Wildman–Crippen MR) is 101 cm³/mol. The van der Waals surface area contributed by atoms with Gasteiger partial charge in [-0.15, -0.1) is 0 Å². The molecule has 2 aliphatic rings. The van der Waals surface area contributed by atoms with E-state index >= 15 is 0 Å². The fourth-order valence-electron chi connectivity index (χ4n) is 4.21. The van der Waals surface area contributed by atoms with Crippen molar-refractivity contribution in [2.75, 3.05) is 13.2 Å². The highest BCUT2D eigenvalue weighted by molar-refractivity contribution is 5.14. The number of pyridine rings is 1. The lowest BCUT2D eigenvalue weighted by atomic mass is 9.72. The summed E-state index contributed by atoms with van der Waals surface area (Å²) in [7, 11) is 0. The maximum absolute atomic E-state index is 12.0. The zero-order valence-electron chi connectivity index (χ0n) is 15.1. The first-order chi connectivity index (χ1) is 12.2. The van der Waals surface area contributed by atoms with Gasteiger partial charge in [0.15, 0.2) is 0 Å². The number of nitrogens with two attached hydrogens (primary N) is 1. The van der Waals surface area contributed by atoms with Crippen LogP contribution in [0.25, 0.3) is 0 Å². The van der Waals surface area contributed by atoms with E-state index in [9.17, 15) is 4.79 Å². The van der Waals surface area contributed by atoms with Crippen molar-refractivity contribution in [2.24, 2.45) is 23.5 Å². The summed E-state index contributed by atoms with van der Waals surface area (Å²) in [5.41, 5.74) is 5.85. The molecule has 0 aliphatic heterocycles. The lowest BCUT2D eigenvalue weighted by Gasteiger charge is -2.36. The standard InChI is InChI=1S/C21H30N2O2/c1-16-6-2-3-7-20(16)17-9-11-19(12-10-17)25-15-18(14-22)23-13-5-4-8-21(23)24/h2-8,13,16-20H,9-12,14-15,22H2,1H3/t16?,17-,18-,19+,20?/m1/s1. The van der Waals surface area contributed by atoms with Crippen LogP contribution in [0.15, 0.2) is 53.5 Å². The Morgan fingerprint density at radius 3 is 2.64 bits per heavy atom. The molecule has 2 aliphatic carbocycles. The smallest absolute Gasteiger partial charge is 0.250 e. The summed E-state index contributed by atoms with van der Waals surface area (Å²) < 4.78 is 7.82. The first-order valence-electron chi connectivity index (χ1n) is 9.53. The lowest BCUT2D eigenvalue weighted by molar-refractivity contribution is -0.00291. The summed E-state index contributed by atoms with van der Waals surface area (Å²) in [4.78, 5) is 12.0. The Kier molecular flexibility index (Phi) is 6.27. The van der Waals surface area contributed by atoms with Gasteiger partial charge in [0.1, 0.15) is 0 Å². The topological polar surface area (TPSA) is 57.2 Å². The van der Waals surface area contributed by atoms with Crippen molar-refractivity contribution in [3.63, 3.8) is 0 Å². The van der Waals surface area contributed by atoms with Gasteiger partial charge in [-0.3, -0.25) is 4.79 Å². The molecule has 0 aromatic carbocycles. The lowest BCUT2D eigenvalue weighted by Crippen LogP contribution is -2.34. The molecule has 25 heavy (non-hydrogen) atoms. The van der Waals surface area contributed by atoms with Crippen molar-refractivity contribution in [1.29, 1.82) is 0 Å². The molecule has 1 aromatic heterocycles. The quantitative estimate of drug-likeness (QED) is 0.863. The first kappa shape index (κ1) is 18.2. The second-order valence-electron chi connectivity index (χ2n) is 7.41. The fourth-order valence-corrected chi connectivity index (χ4v) is 4.21. The predicted octanol–water partition coefficient (Wildman–Crippen LogP) is 3.30. The Morgan fingerprint density at radius 1 is 1.20 bits per heavy atom. The van der Waals surface area contributed by atoms with E-state index in [1.165, 1.54) is 12.8 Å². The zero-order chi connectivity index (χ0) is 17.6. The van der Waals surface area contributed by atoms with Gasteiger partial charge in [0, 0.05) is 18.8 Å². The van der Waals surface area contributed by atoms with Gasteiger partial charge in [0.25, 0.3) is 5.56 Å². The van der Waals surface area contributed by atoms with Crippen LogP contribution in [0, 0.1) is 17.8 Å². The summed E-state index contributed by atoms with van der Waals surface area (Å²) in [6, 6.07) is 5.10. The molecular formula is C21H30N2O2. The van der Waals surface area contributed by atoms with E-state index in [-0.39, 0.29) is 11.6 Å². The molecule has 136 valence electrons. The second-order valence-corrected chi connectivity index (χ2v) is 7.41. The molecule has 3 rings (SSSR count). The van der Waals surface area contributed by atoms with Crippen LogP contribution in [0.4, 0.5) is 0 Å². The van der Waals surface area contributed by atoms with Gasteiger partial charge in [-0.2, -0.15) is 0 Å². The Balaban J connectivity index is 1.49. The van der Waals surface area contributed by atoms with E-state index in [1.807, 2.05) is 6.07 Å². The van der Waals surface area contributed by atoms with Gasteiger partial charge in [-0.25, -0.2) is 0 Å². The molecule has 1 fully saturated rings. The van der Waals surface area contributed by atoms with Crippen molar-refractivity contribution in [1.82, 2.24) is 4.57 Å². The SMILES string of the molecule is CC1C=CC=CC1[C@H]1CC[C@@H](OC[C@@H](CN)n2ccccc2=O)CC1. The summed E-state index contributed by atoms with van der Waals surface area (Å²) in [5, 5.41) is 0. The number of rotatable bonds is 6. The molecular weight excluding hydrogens is 312 g/mol. The van der Waals surface area contributed by atoms with Gasteiger partial charge >= 0.3 is 0 Å². The molecule has 2 unspecified atom stereocenters. The van der Waals surface area contributed by atoms with Gasteiger partial charge in [-0.1, -0.05) is 37.3 Å². The number of nitrogens with zero attached hydrogens (tertiary/aromatic N) is 1. The zero-order valence-corrected chi connectivity index (χ0v) is 15.1. The summed E-state index contributed by atoms with van der Waals surface area (Å²) in [5.74, 6) is 2.07. The second kappa shape index (κ2) is 8.63. The average Bonchev–Trinajstić information content (AvgIpc) is 2.64. The third-order valence-electron chi connectivity index (χ3n) is 5.77. The molecule has 0 radical (unpaired) electrons. The Hall–Kier alpha value is -1.65. The molecule has 2 N–H and O–H groups in total. The van der Waals surface area contributed by atoms with Crippen molar-refractivity contribution < 1.29 is 4.74 Å². The molecule has 1 heterocycles. The number of ether oxygens (including phenoxy) is 1. The molecule has 0 amide bonds. The van der Waals surface area contributed by atoms with Crippen LogP contribution in [0.3, 0.4) is 0 Å². The maximum atomic E-state index is 12.0. The third kappa shape index (κ3) is 4.50.